The summed E-state index contributed by atoms with van der Waals surface area (Å²) >= 11 is 0. The molecule has 1 aliphatic heterocycles. The molecule has 0 bridgehead atoms. The van der Waals surface area contributed by atoms with Crippen LogP contribution in [-0.2, 0) is 23.8 Å². The zero-order chi connectivity index (χ0) is 24.4. The average Bonchev–Trinajstić information content (AvgIpc) is 3.10. The van der Waals surface area contributed by atoms with E-state index in [-0.39, 0.29) is 29.5 Å². The fourth-order valence-electron chi connectivity index (χ4n) is 7.60. The largest absolute Gasteiger partial charge is 0.534 e. The number of halogens is 3. The molecular formula is C25H35F3O5S. The second kappa shape index (κ2) is 8.51. The first kappa shape index (κ1) is 24.6. The summed E-state index contributed by atoms with van der Waals surface area (Å²) in [5.41, 5.74) is -4.59. The molecule has 0 N–H and O–H groups in total. The van der Waals surface area contributed by atoms with E-state index in [1.807, 2.05) is 6.92 Å². The Labute approximate surface area is 200 Å². The van der Waals surface area contributed by atoms with Crippen LogP contribution in [0.1, 0.15) is 78.1 Å². The number of rotatable bonds is 4. The summed E-state index contributed by atoms with van der Waals surface area (Å²) in [5.74, 6) is 0.809. The molecule has 2 saturated carbocycles. The van der Waals surface area contributed by atoms with Crippen LogP contribution < -0.4 is 0 Å². The lowest BCUT2D eigenvalue weighted by atomic mass is 9.48. The molecule has 1 unspecified atom stereocenters. The molecule has 0 aromatic heterocycles. The Morgan fingerprint density at radius 1 is 1.00 bits per heavy atom. The summed E-state index contributed by atoms with van der Waals surface area (Å²) in [4.78, 5) is 0. The van der Waals surface area contributed by atoms with Crippen LogP contribution in [0.25, 0.3) is 0 Å². The molecule has 34 heavy (non-hydrogen) atoms. The van der Waals surface area contributed by atoms with Gasteiger partial charge in [-0.05, 0) is 93.5 Å². The van der Waals surface area contributed by atoms with E-state index in [0.29, 0.717) is 24.7 Å². The molecule has 4 aliphatic carbocycles. The third kappa shape index (κ3) is 4.03. The van der Waals surface area contributed by atoms with Crippen molar-refractivity contribution in [3.05, 3.63) is 23.5 Å². The van der Waals surface area contributed by atoms with Gasteiger partial charge in [0.2, 0.25) is 0 Å². The highest BCUT2D eigenvalue weighted by molar-refractivity contribution is 7.87. The minimum absolute atomic E-state index is 0.0159. The molecule has 5 rings (SSSR count). The maximum atomic E-state index is 13.0. The molecule has 5 nitrogen and oxygen atoms in total. The van der Waals surface area contributed by atoms with Crippen molar-refractivity contribution in [3.63, 3.8) is 0 Å². The van der Waals surface area contributed by atoms with Crippen molar-refractivity contribution in [3.8, 4) is 0 Å². The van der Waals surface area contributed by atoms with Gasteiger partial charge in [0.15, 0.2) is 6.29 Å². The first-order valence-corrected chi connectivity index (χ1v) is 14.0. The zero-order valence-electron chi connectivity index (χ0n) is 19.9. The van der Waals surface area contributed by atoms with Crippen LogP contribution in [0.5, 0.6) is 0 Å². The lowest BCUT2D eigenvalue weighted by Gasteiger charge is -2.57. The predicted molar refractivity (Wildman–Crippen MR) is 120 cm³/mol. The Balaban J connectivity index is 1.30. The summed E-state index contributed by atoms with van der Waals surface area (Å²) < 4.78 is 79.0. The SMILES string of the molecule is C[C@]12CC[C@H](OC3CCCCO3)CC1=CC[C@@H]1[C@@H]2CC[C@]2(C)C(OS(=O)(=O)C(F)(F)F)=CC[C@@H]12. The Kier molecular flexibility index (Phi) is 6.16. The van der Waals surface area contributed by atoms with Gasteiger partial charge in [0.25, 0.3) is 0 Å². The maximum Gasteiger partial charge on any atom is 0.534 e. The third-order valence-corrected chi connectivity index (χ3v) is 10.5. The van der Waals surface area contributed by atoms with Crippen molar-refractivity contribution in [2.75, 3.05) is 6.61 Å². The molecule has 0 amide bonds. The molecule has 3 fully saturated rings. The number of hydrogen-bond donors (Lipinski definition) is 0. The molecule has 0 aromatic rings. The molecule has 0 aromatic carbocycles. The van der Waals surface area contributed by atoms with Crippen LogP contribution in [0.15, 0.2) is 23.5 Å². The molecule has 0 spiro atoms. The summed E-state index contributed by atoms with van der Waals surface area (Å²) in [5, 5.41) is 0. The van der Waals surface area contributed by atoms with Crippen LogP contribution in [0.3, 0.4) is 0 Å². The van der Waals surface area contributed by atoms with Gasteiger partial charge in [-0.1, -0.05) is 25.5 Å². The molecule has 0 radical (unpaired) electrons. The zero-order valence-corrected chi connectivity index (χ0v) is 20.7. The molecule has 9 heteroatoms. The smallest absolute Gasteiger partial charge is 0.380 e. The quantitative estimate of drug-likeness (QED) is 0.258. The van der Waals surface area contributed by atoms with E-state index in [4.69, 9.17) is 13.7 Å². The first-order valence-electron chi connectivity index (χ1n) is 12.6. The van der Waals surface area contributed by atoms with Gasteiger partial charge >= 0.3 is 15.6 Å². The lowest BCUT2D eigenvalue weighted by Crippen LogP contribution is -2.50. The molecule has 7 atom stereocenters. The van der Waals surface area contributed by atoms with Crippen molar-refractivity contribution in [1.29, 1.82) is 0 Å². The van der Waals surface area contributed by atoms with E-state index >= 15 is 0 Å². The number of hydrogen-bond acceptors (Lipinski definition) is 5. The molecular weight excluding hydrogens is 469 g/mol. The third-order valence-electron chi connectivity index (χ3n) is 9.53. The number of fused-ring (bicyclic) bond motifs is 5. The summed E-state index contributed by atoms with van der Waals surface area (Å²) in [6.45, 7) is 5.00. The van der Waals surface area contributed by atoms with Gasteiger partial charge in [0, 0.05) is 12.0 Å². The highest BCUT2D eigenvalue weighted by Gasteiger charge is 2.59. The van der Waals surface area contributed by atoms with Crippen molar-refractivity contribution in [2.24, 2.45) is 28.6 Å². The highest BCUT2D eigenvalue weighted by Crippen LogP contribution is 2.65. The van der Waals surface area contributed by atoms with Crippen molar-refractivity contribution in [2.45, 2.75) is 96.0 Å². The van der Waals surface area contributed by atoms with Crippen molar-refractivity contribution in [1.82, 2.24) is 0 Å². The van der Waals surface area contributed by atoms with E-state index in [9.17, 15) is 21.6 Å². The van der Waals surface area contributed by atoms with E-state index < -0.39 is 21.0 Å². The average molecular weight is 505 g/mol. The number of allylic oxidation sites excluding steroid dienone is 3. The number of ether oxygens (including phenoxy) is 2. The van der Waals surface area contributed by atoms with Gasteiger partial charge in [-0.15, -0.1) is 0 Å². The van der Waals surface area contributed by atoms with Gasteiger partial charge in [0.05, 0.1) is 6.10 Å². The van der Waals surface area contributed by atoms with Crippen LogP contribution in [-0.4, -0.2) is 32.9 Å². The van der Waals surface area contributed by atoms with Crippen molar-refractivity contribution >= 4 is 10.1 Å². The standard InChI is InChI=1S/C25H35F3O5S/c1-23-12-10-17(32-22-5-3-4-14-31-22)15-16(23)6-7-18-19-8-9-21(24(19,2)13-11-20(18)23)33-34(29,30)25(26,27)28/h6,9,17-20,22H,3-5,7-8,10-15H2,1-2H3/t17-,18-,19-,20-,22?,23-,24-/m0/s1. The fourth-order valence-corrected chi connectivity index (χ4v) is 8.19. The van der Waals surface area contributed by atoms with Crippen LogP contribution >= 0.6 is 0 Å². The van der Waals surface area contributed by atoms with Crippen molar-refractivity contribution < 1.29 is 35.2 Å². The lowest BCUT2D eigenvalue weighted by molar-refractivity contribution is -0.195. The van der Waals surface area contributed by atoms with E-state index in [2.05, 4.69) is 13.0 Å². The van der Waals surface area contributed by atoms with Gasteiger partial charge in [-0.3, -0.25) is 0 Å². The normalized spacial score (nSPS) is 42.7. The Morgan fingerprint density at radius 2 is 1.76 bits per heavy atom. The topological polar surface area (TPSA) is 61.8 Å². The van der Waals surface area contributed by atoms with E-state index in [1.165, 1.54) is 5.57 Å². The predicted octanol–water partition coefficient (Wildman–Crippen LogP) is 6.22. The van der Waals surface area contributed by atoms with Crippen LogP contribution in [0.2, 0.25) is 0 Å². The van der Waals surface area contributed by atoms with Crippen LogP contribution in [0.4, 0.5) is 13.2 Å². The van der Waals surface area contributed by atoms with Crippen LogP contribution in [0, 0.1) is 28.6 Å². The van der Waals surface area contributed by atoms with Gasteiger partial charge in [-0.2, -0.15) is 21.6 Å². The molecule has 192 valence electrons. The van der Waals surface area contributed by atoms with Gasteiger partial charge < -0.3 is 13.7 Å². The molecule has 1 saturated heterocycles. The minimum Gasteiger partial charge on any atom is -0.380 e. The van der Waals surface area contributed by atoms with Gasteiger partial charge in [0.1, 0.15) is 5.76 Å². The monoisotopic (exact) mass is 504 g/mol. The molecule has 1 heterocycles. The summed E-state index contributed by atoms with van der Waals surface area (Å²) in [6, 6.07) is 0. The Hall–Kier alpha value is -1.06. The van der Waals surface area contributed by atoms with E-state index in [1.54, 1.807) is 6.08 Å². The highest BCUT2D eigenvalue weighted by atomic mass is 32.2. The van der Waals surface area contributed by atoms with Gasteiger partial charge in [-0.25, -0.2) is 0 Å². The minimum atomic E-state index is -5.65. The first-order chi connectivity index (χ1) is 15.9. The number of alkyl halides is 3. The second-order valence-electron chi connectivity index (χ2n) is 11.3. The maximum absolute atomic E-state index is 13.0. The Morgan fingerprint density at radius 3 is 2.47 bits per heavy atom. The second-order valence-corrected chi connectivity index (χ2v) is 12.8. The fraction of sp³-hybridized carbons (Fsp3) is 0.840. The molecule has 5 aliphatic rings. The summed E-state index contributed by atoms with van der Waals surface area (Å²) in [7, 11) is -5.65. The Bertz CT molecular complexity index is 968. The summed E-state index contributed by atoms with van der Waals surface area (Å²) in [6.07, 6.45) is 13.1. The van der Waals surface area contributed by atoms with E-state index in [0.717, 1.165) is 58.0 Å².